The lowest BCUT2D eigenvalue weighted by Gasteiger charge is -2.29. The van der Waals surface area contributed by atoms with E-state index in [1.54, 1.807) is 44.2 Å². The zero-order valence-corrected chi connectivity index (χ0v) is 20.5. The van der Waals surface area contributed by atoms with E-state index in [9.17, 15) is 22.4 Å². The van der Waals surface area contributed by atoms with Crippen LogP contribution in [0.1, 0.15) is 32.3 Å². The molecule has 0 unspecified atom stereocenters. The van der Waals surface area contributed by atoms with E-state index in [4.69, 9.17) is 11.6 Å². The van der Waals surface area contributed by atoms with Gasteiger partial charge in [-0.05, 0) is 50.1 Å². The zero-order chi connectivity index (χ0) is 24.6. The third-order valence-electron chi connectivity index (χ3n) is 5.03. The van der Waals surface area contributed by atoms with Gasteiger partial charge in [0.15, 0.2) is 0 Å². The number of nitrogens with zero attached hydrogens (tertiary/aromatic N) is 2. The maximum atomic E-state index is 14.2. The van der Waals surface area contributed by atoms with Crippen LogP contribution in [0.25, 0.3) is 0 Å². The Morgan fingerprint density at radius 2 is 1.85 bits per heavy atom. The second kappa shape index (κ2) is 12.0. The Morgan fingerprint density at radius 3 is 2.45 bits per heavy atom. The number of carbonyl (C=O) groups is 2. The Hall–Kier alpha value is -2.65. The summed E-state index contributed by atoms with van der Waals surface area (Å²) in [7, 11) is -3.76. The Balaban J connectivity index is 2.16. The number of likely N-dealkylation sites (N-methyl/N-ethyl adjacent to an activating group) is 1. The molecule has 33 heavy (non-hydrogen) atoms. The van der Waals surface area contributed by atoms with Crippen molar-refractivity contribution in [2.24, 2.45) is 0 Å². The summed E-state index contributed by atoms with van der Waals surface area (Å²) in [5.74, 6) is -1.28. The molecule has 0 bridgehead atoms. The predicted octanol–water partition coefficient (Wildman–Crippen LogP) is 3.58. The van der Waals surface area contributed by atoms with Crippen LogP contribution in [-0.2, 0) is 26.2 Å². The Labute approximate surface area is 199 Å². The van der Waals surface area contributed by atoms with Crippen LogP contribution >= 0.6 is 11.6 Å². The summed E-state index contributed by atoms with van der Waals surface area (Å²) in [5.41, 5.74) is 0.690. The van der Waals surface area contributed by atoms with Gasteiger partial charge in [-0.15, -0.1) is 0 Å². The molecule has 2 aromatic rings. The van der Waals surface area contributed by atoms with E-state index in [2.05, 4.69) is 5.32 Å². The van der Waals surface area contributed by atoms with Gasteiger partial charge < -0.3 is 10.2 Å². The maximum absolute atomic E-state index is 14.2. The third kappa shape index (κ3) is 7.71. The highest BCUT2D eigenvalue weighted by atomic mass is 35.5. The Kier molecular flexibility index (Phi) is 9.67. The average molecular weight is 498 g/mol. The molecule has 7 nitrogen and oxygen atoms in total. The van der Waals surface area contributed by atoms with Gasteiger partial charge in [-0.25, -0.2) is 12.8 Å². The molecule has 0 aliphatic rings. The van der Waals surface area contributed by atoms with E-state index in [0.717, 1.165) is 16.1 Å². The van der Waals surface area contributed by atoms with Gasteiger partial charge in [-0.3, -0.25) is 13.9 Å². The van der Waals surface area contributed by atoms with Crippen molar-refractivity contribution in [3.63, 3.8) is 0 Å². The molecule has 0 aromatic heterocycles. The lowest BCUT2D eigenvalue weighted by molar-refractivity contribution is -0.140. The standard InChI is InChI=1S/C23H29ClFN3O4S/c1-4-26-23(30)17(2)27(16-18-9-7-10-19(24)15-18)22(29)13-8-14-28(33(3,31)32)21-12-6-5-11-20(21)25/h5-7,9-12,15,17H,4,8,13-14,16H2,1-3H3,(H,26,30)/t17-/m0/s1. The van der Waals surface area contributed by atoms with Crippen molar-refractivity contribution in [2.45, 2.75) is 39.3 Å². The molecule has 1 N–H and O–H groups in total. The number of anilines is 1. The number of carbonyl (C=O) groups excluding carboxylic acids is 2. The first-order chi connectivity index (χ1) is 15.5. The molecule has 1 atom stereocenters. The van der Waals surface area contributed by atoms with Gasteiger partial charge in [0.25, 0.3) is 0 Å². The number of benzene rings is 2. The van der Waals surface area contributed by atoms with Crippen LogP contribution in [0.15, 0.2) is 48.5 Å². The van der Waals surface area contributed by atoms with Gasteiger partial charge in [-0.2, -0.15) is 0 Å². The molecule has 180 valence electrons. The van der Waals surface area contributed by atoms with Crippen LogP contribution in [0.3, 0.4) is 0 Å². The van der Waals surface area contributed by atoms with Crippen molar-refractivity contribution in [2.75, 3.05) is 23.7 Å². The highest BCUT2D eigenvalue weighted by Crippen LogP contribution is 2.22. The minimum absolute atomic E-state index is 0.0230. The van der Waals surface area contributed by atoms with Crippen molar-refractivity contribution >= 4 is 39.1 Å². The second-order valence-electron chi connectivity index (χ2n) is 7.61. The Bertz CT molecular complexity index is 1080. The molecule has 2 amide bonds. The molecular formula is C23H29ClFN3O4S. The third-order valence-corrected chi connectivity index (χ3v) is 6.45. The van der Waals surface area contributed by atoms with Crippen molar-refractivity contribution in [3.8, 4) is 0 Å². The molecule has 0 saturated heterocycles. The smallest absolute Gasteiger partial charge is 0.242 e. The number of hydrogen-bond donors (Lipinski definition) is 1. The van der Waals surface area contributed by atoms with Crippen LogP contribution in [-0.4, -0.2) is 50.5 Å². The fourth-order valence-electron chi connectivity index (χ4n) is 3.37. The van der Waals surface area contributed by atoms with E-state index in [1.165, 1.54) is 23.1 Å². The molecule has 0 saturated carbocycles. The fraction of sp³-hybridized carbons (Fsp3) is 0.391. The predicted molar refractivity (Wildman–Crippen MR) is 128 cm³/mol. The van der Waals surface area contributed by atoms with Gasteiger partial charge in [0, 0.05) is 31.1 Å². The van der Waals surface area contributed by atoms with Crippen molar-refractivity contribution < 1.29 is 22.4 Å². The van der Waals surface area contributed by atoms with Crippen molar-refractivity contribution in [3.05, 3.63) is 64.9 Å². The normalized spacial score (nSPS) is 12.2. The summed E-state index contributed by atoms with van der Waals surface area (Å²) in [6.45, 7) is 3.94. The van der Waals surface area contributed by atoms with Crippen molar-refractivity contribution in [1.29, 1.82) is 0 Å². The number of halogens is 2. The molecule has 0 aliphatic heterocycles. The largest absolute Gasteiger partial charge is 0.355 e. The van der Waals surface area contributed by atoms with Gasteiger partial charge in [0.2, 0.25) is 21.8 Å². The topological polar surface area (TPSA) is 86.8 Å². The zero-order valence-electron chi connectivity index (χ0n) is 18.9. The summed E-state index contributed by atoms with van der Waals surface area (Å²) in [6.07, 6.45) is 1.11. The number of sulfonamides is 1. The molecule has 0 aliphatic carbocycles. The highest BCUT2D eigenvalue weighted by Gasteiger charge is 2.26. The lowest BCUT2D eigenvalue weighted by Crippen LogP contribution is -2.47. The van der Waals surface area contributed by atoms with E-state index in [1.807, 2.05) is 0 Å². The number of hydrogen-bond acceptors (Lipinski definition) is 4. The first-order valence-corrected chi connectivity index (χ1v) is 12.8. The maximum Gasteiger partial charge on any atom is 0.242 e. The van der Waals surface area contributed by atoms with Crippen LogP contribution in [0.2, 0.25) is 5.02 Å². The number of para-hydroxylation sites is 1. The van der Waals surface area contributed by atoms with E-state index in [0.29, 0.717) is 11.6 Å². The minimum Gasteiger partial charge on any atom is -0.355 e. The fourth-order valence-corrected chi connectivity index (χ4v) is 4.55. The summed E-state index contributed by atoms with van der Waals surface area (Å²) in [4.78, 5) is 26.9. The van der Waals surface area contributed by atoms with Crippen LogP contribution in [0.4, 0.5) is 10.1 Å². The molecule has 2 aromatic carbocycles. The summed E-state index contributed by atoms with van der Waals surface area (Å²) < 4.78 is 39.6. The van der Waals surface area contributed by atoms with E-state index in [-0.39, 0.29) is 43.4 Å². The molecule has 2 rings (SSSR count). The van der Waals surface area contributed by atoms with Gasteiger partial charge in [0.05, 0.1) is 11.9 Å². The van der Waals surface area contributed by atoms with Crippen LogP contribution in [0, 0.1) is 5.82 Å². The monoisotopic (exact) mass is 497 g/mol. The lowest BCUT2D eigenvalue weighted by atomic mass is 10.1. The summed E-state index contributed by atoms with van der Waals surface area (Å²) >= 11 is 6.06. The SMILES string of the molecule is CCNC(=O)[C@H](C)N(Cc1cccc(Cl)c1)C(=O)CCCN(c1ccccc1F)S(C)(=O)=O. The van der Waals surface area contributed by atoms with Crippen LogP contribution < -0.4 is 9.62 Å². The number of rotatable bonds is 11. The minimum atomic E-state index is -3.76. The van der Waals surface area contributed by atoms with Gasteiger partial charge in [0.1, 0.15) is 11.9 Å². The summed E-state index contributed by atoms with van der Waals surface area (Å²) in [5, 5.41) is 3.22. The number of amides is 2. The molecule has 0 heterocycles. The Morgan fingerprint density at radius 1 is 1.15 bits per heavy atom. The second-order valence-corrected chi connectivity index (χ2v) is 9.96. The molecule has 0 fully saturated rings. The highest BCUT2D eigenvalue weighted by molar-refractivity contribution is 7.92. The molecule has 0 radical (unpaired) electrons. The average Bonchev–Trinajstić information content (AvgIpc) is 2.74. The number of nitrogens with one attached hydrogen (secondary N) is 1. The molecule has 10 heteroatoms. The first-order valence-electron chi connectivity index (χ1n) is 10.6. The van der Waals surface area contributed by atoms with E-state index < -0.39 is 21.9 Å². The van der Waals surface area contributed by atoms with E-state index >= 15 is 0 Å². The van der Waals surface area contributed by atoms with Crippen molar-refractivity contribution in [1.82, 2.24) is 10.2 Å². The van der Waals surface area contributed by atoms with Gasteiger partial charge in [-0.1, -0.05) is 35.9 Å². The quantitative estimate of drug-likeness (QED) is 0.514. The first kappa shape index (κ1) is 26.6. The van der Waals surface area contributed by atoms with Crippen LogP contribution in [0.5, 0.6) is 0 Å². The van der Waals surface area contributed by atoms with Gasteiger partial charge >= 0.3 is 0 Å². The summed E-state index contributed by atoms with van der Waals surface area (Å²) in [6, 6.07) is 11.8. The molecule has 0 spiro atoms. The molecular weight excluding hydrogens is 469 g/mol.